The molecule has 2 aromatic carbocycles. The minimum Gasteiger partial charge on any atom is -0.490 e. The van der Waals surface area contributed by atoms with Crippen molar-refractivity contribution in [3.63, 3.8) is 0 Å². The third kappa shape index (κ3) is 7.31. The summed E-state index contributed by atoms with van der Waals surface area (Å²) in [5.74, 6) is -0.727. The number of aryl methyl sites for hydroxylation is 2. The maximum Gasteiger partial charge on any atom is 0.417 e. The molecule has 0 heterocycles. The minimum atomic E-state index is -1.04. The second-order valence-corrected chi connectivity index (χ2v) is 5.96. The first-order chi connectivity index (χ1) is 13.6. The highest BCUT2D eigenvalue weighted by atomic mass is 16.6. The lowest BCUT2D eigenvalue weighted by Gasteiger charge is -2.09. The van der Waals surface area contributed by atoms with Crippen LogP contribution in [0.2, 0.25) is 0 Å². The smallest absolute Gasteiger partial charge is 0.417 e. The van der Waals surface area contributed by atoms with E-state index < -0.39 is 11.9 Å². The number of ether oxygens (including phenoxy) is 4. The van der Waals surface area contributed by atoms with Gasteiger partial charge in [0.15, 0.2) is 0 Å². The molecule has 2 rings (SSSR count). The lowest BCUT2D eigenvalue weighted by atomic mass is 10.2. The van der Waals surface area contributed by atoms with Crippen LogP contribution in [-0.2, 0) is 31.9 Å². The zero-order valence-corrected chi connectivity index (χ0v) is 16.3. The highest BCUT2D eigenvalue weighted by molar-refractivity contribution is 6.29. The number of hydrogen-bond donors (Lipinski definition) is 0. The molecule has 6 heteroatoms. The van der Waals surface area contributed by atoms with Crippen LogP contribution in [0.3, 0.4) is 0 Å². The summed E-state index contributed by atoms with van der Waals surface area (Å²) < 4.78 is 20.6. The molecule has 0 aliphatic rings. The van der Waals surface area contributed by atoms with E-state index in [9.17, 15) is 9.59 Å². The lowest BCUT2D eigenvalue weighted by Crippen LogP contribution is -2.24. The van der Waals surface area contributed by atoms with Crippen molar-refractivity contribution in [2.75, 3.05) is 26.4 Å². The van der Waals surface area contributed by atoms with Crippen LogP contribution in [0.15, 0.2) is 48.5 Å². The molecule has 2 aromatic rings. The number of carbonyl (C=O) groups is 2. The molecule has 0 aliphatic carbocycles. The van der Waals surface area contributed by atoms with E-state index in [0.29, 0.717) is 11.5 Å². The average molecular weight is 386 g/mol. The van der Waals surface area contributed by atoms with Crippen molar-refractivity contribution in [1.29, 1.82) is 0 Å². The molecular weight excluding hydrogens is 360 g/mol. The topological polar surface area (TPSA) is 71.1 Å². The zero-order valence-electron chi connectivity index (χ0n) is 16.3. The molecule has 0 radical (unpaired) electrons. The van der Waals surface area contributed by atoms with Crippen molar-refractivity contribution in [3.05, 3.63) is 59.7 Å². The number of rotatable bonds is 10. The zero-order chi connectivity index (χ0) is 20.2. The highest BCUT2D eigenvalue weighted by Gasteiger charge is 2.17. The van der Waals surface area contributed by atoms with Crippen LogP contribution in [0.1, 0.15) is 25.0 Å². The SMILES string of the molecule is CCc1ccc(OCCOC(=O)C(=O)OCCOc2ccc(CC)cc2)cc1. The molecule has 0 aromatic heterocycles. The van der Waals surface area contributed by atoms with Crippen LogP contribution in [0.25, 0.3) is 0 Å². The molecule has 0 bridgehead atoms. The molecule has 0 atom stereocenters. The second-order valence-electron chi connectivity index (χ2n) is 5.96. The summed E-state index contributed by atoms with van der Waals surface area (Å²) in [5.41, 5.74) is 2.42. The van der Waals surface area contributed by atoms with Gasteiger partial charge in [0.2, 0.25) is 0 Å². The summed E-state index contributed by atoms with van der Waals surface area (Å²) in [5, 5.41) is 0. The van der Waals surface area contributed by atoms with Crippen molar-refractivity contribution >= 4 is 11.9 Å². The Bertz CT molecular complexity index is 671. The van der Waals surface area contributed by atoms with Crippen LogP contribution >= 0.6 is 0 Å². The highest BCUT2D eigenvalue weighted by Crippen LogP contribution is 2.13. The summed E-state index contributed by atoms with van der Waals surface area (Å²) in [6, 6.07) is 15.3. The fraction of sp³-hybridized carbons (Fsp3) is 0.364. The fourth-order valence-electron chi connectivity index (χ4n) is 2.35. The molecule has 6 nitrogen and oxygen atoms in total. The largest absolute Gasteiger partial charge is 0.490 e. The van der Waals surface area contributed by atoms with Crippen molar-refractivity contribution < 1.29 is 28.5 Å². The number of esters is 2. The Balaban J connectivity index is 1.56. The van der Waals surface area contributed by atoms with E-state index in [1.54, 1.807) is 0 Å². The van der Waals surface area contributed by atoms with Crippen LogP contribution in [0, 0.1) is 0 Å². The van der Waals surface area contributed by atoms with E-state index in [4.69, 9.17) is 18.9 Å². The third-order valence-corrected chi connectivity index (χ3v) is 4.00. The molecular formula is C22H26O6. The standard InChI is InChI=1S/C22H26O6/c1-3-17-5-9-19(10-6-17)25-13-15-27-21(23)22(24)28-16-14-26-20-11-7-18(4-2)8-12-20/h5-12H,3-4,13-16H2,1-2H3. The van der Waals surface area contributed by atoms with Crippen molar-refractivity contribution in [2.24, 2.45) is 0 Å². The quantitative estimate of drug-likeness (QED) is 0.354. The van der Waals surface area contributed by atoms with Gasteiger partial charge < -0.3 is 18.9 Å². The van der Waals surface area contributed by atoms with Gasteiger partial charge in [-0.2, -0.15) is 0 Å². The van der Waals surface area contributed by atoms with Crippen molar-refractivity contribution in [3.8, 4) is 11.5 Å². The summed E-state index contributed by atoms with van der Waals surface area (Å²) >= 11 is 0. The summed E-state index contributed by atoms with van der Waals surface area (Å²) in [6.45, 7) is 4.38. The van der Waals surface area contributed by atoms with Gasteiger partial charge in [-0.05, 0) is 48.2 Å². The Hall–Kier alpha value is -3.02. The number of benzene rings is 2. The van der Waals surface area contributed by atoms with E-state index in [1.807, 2.05) is 48.5 Å². The first-order valence-electron chi connectivity index (χ1n) is 9.39. The number of hydrogen-bond acceptors (Lipinski definition) is 6. The molecule has 0 N–H and O–H groups in total. The molecule has 150 valence electrons. The Morgan fingerprint density at radius 3 is 1.29 bits per heavy atom. The van der Waals surface area contributed by atoms with Gasteiger partial charge in [0.1, 0.15) is 37.9 Å². The van der Waals surface area contributed by atoms with Gasteiger partial charge in [0.05, 0.1) is 0 Å². The third-order valence-electron chi connectivity index (χ3n) is 4.00. The Morgan fingerprint density at radius 1 is 0.607 bits per heavy atom. The maximum atomic E-state index is 11.6. The molecule has 0 amide bonds. The molecule has 0 aliphatic heterocycles. The molecule has 0 spiro atoms. The van der Waals surface area contributed by atoms with Gasteiger partial charge in [0.25, 0.3) is 0 Å². The normalized spacial score (nSPS) is 10.2. The lowest BCUT2D eigenvalue weighted by molar-refractivity contribution is -0.168. The first kappa shape index (κ1) is 21.3. The van der Waals surface area contributed by atoms with Gasteiger partial charge in [-0.1, -0.05) is 38.1 Å². The molecule has 0 saturated carbocycles. The summed E-state index contributed by atoms with van der Waals surface area (Å²) in [4.78, 5) is 23.2. The summed E-state index contributed by atoms with van der Waals surface area (Å²) in [7, 11) is 0. The van der Waals surface area contributed by atoms with Crippen molar-refractivity contribution in [2.45, 2.75) is 26.7 Å². The Kier molecular flexibility index (Phi) is 8.85. The van der Waals surface area contributed by atoms with Crippen LogP contribution in [0.4, 0.5) is 0 Å². The first-order valence-corrected chi connectivity index (χ1v) is 9.39. The van der Waals surface area contributed by atoms with E-state index in [0.717, 1.165) is 12.8 Å². The average Bonchev–Trinajstić information content (AvgIpc) is 2.74. The van der Waals surface area contributed by atoms with E-state index in [1.165, 1.54) is 11.1 Å². The minimum absolute atomic E-state index is 0.0380. The van der Waals surface area contributed by atoms with Crippen molar-refractivity contribution in [1.82, 2.24) is 0 Å². The van der Waals surface area contributed by atoms with Crippen LogP contribution < -0.4 is 9.47 Å². The number of carbonyl (C=O) groups excluding carboxylic acids is 2. The van der Waals surface area contributed by atoms with Gasteiger partial charge in [0, 0.05) is 0 Å². The molecule has 0 fully saturated rings. The Morgan fingerprint density at radius 2 is 0.964 bits per heavy atom. The van der Waals surface area contributed by atoms with Crippen LogP contribution in [-0.4, -0.2) is 38.4 Å². The molecule has 0 saturated heterocycles. The maximum absolute atomic E-state index is 11.6. The van der Waals surface area contributed by atoms with Gasteiger partial charge in [-0.15, -0.1) is 0 Å². The van der Waals surface area contributed by atoms with E-state index in [-0.39, 0.29) is 26.4 Å². The Labute approximate surface area is 165 Å². The monoisotopic (exact) mass is 386 g/mol. The molecule has 28 heavy (non-hydrogen) atoms. The van der Waals surface area contributed by atoms with Gasteiger partial charge in [-0.3, -0.25) is 0 Å². The van der Waals surface area contributed by atoms with E-state index in [2.05, 4.69) is 13.8 Å². The second kappa shape index (κ2) is 11.6. The predicted molar refractivity (Wildman–Crippen MR) is 105 cm³/mol. The fourth-order valence-corrected chi connectivity index (χ4v) is 2.35. The predicted octanol–water partition coefficient (Wildman–Crippen LogP) is 3.36. The van der Waals surface area contributed by atoms with E-state index >= 15 is 0 Å². The van der Waals surface area contributed by atoms with Gasteiger partial charge >= 0.3 is 11.9 Å². The van der Waals surface area contributed by atoms with Crippen LogP contribution in [0.5, 0.6) is 11.5 Å². The summed E-state index contributed by atoms with van der Waals surface area (Å²) in [6.07, 6.45) is 1.91. The molecule has 0 unspecified atom stereocenters. The van der Waals surface area contributed by atoms with Gasteiger partial charge in [-0.25, -0.2) is 9.59 Å².